The van der Waals surface area contributed by atoms with E-state index in [-0.39, 0.29) is 11.7 Å². The van der Waals surface area contributed by atoms with Crippen molar-refractivity contribution in [1.29, 1.82) is 5.26 Å². The number of amides is 1. The summed E-state index contributed by atoms with van der Waals surface area (Å²) in [4.78, 5) is 12.5. The van der Waals surface area contributed by atoms with Crippen molar-refractivity contribution >= 4 is 23.4 Å². The Morgan fingerprint density at radius 2 is 1.75 bits per heavy atom. The van der Waals surface area contributed by atoms with Crippen LogP contribution < -0.4 is 10.1 Å². The van der Waals surface area contributed by atoms with Crippen LogP contribution in [0, 0.1) is 11.3 Å². The quantitative estimate of drug-likeness (QED) is 0.423. The zero-order valence-electron chi connectivity index (χ0n) is 17.2. The number of rotatable bonds is 7. The van der Waals surface area contributed by atoms with Crippen LogP contribution in [-0.4, -0.2) is 33.5 Å². The van der Waals surface area contributed by atoms with Crippen molar-refractivity contribution in [2.45, 2.75) is 5.16 Å². The van der Waals surface area contributed by atoms with Crippen LogP contribution in [0.15, 0.2) is 84.0 Å². The fourth-order valence-corrected chi connectivity index (χ4v) is 3.81. The lowest BCUT2D eigenvalue weighted by atomic mass is 10.2. The molecule has 0 spiro atoms. The second kappa shape index (κ2) is 9.81. The van der Waals surface area contributed by atoms with Gasteiger partial charge in [0.25, 0.3) is 0 Å². The Morgan fingerprint density at radius 1 is 1.03 bits per heavy atom. The van der Waals surface area contributed by atoms with Crippen molar-refractivity contribution in [2.24, 2.45) is 0 Å². The molecule has 8 heteroatoms. The molecule has 1 N–H and O–H groups in total. The number of para-hydroxylation sites is 1. The third kappa shape index (κ3) is 4.79. The van der Waals surface area contributed by atoms with Gasteiger partial charge in [-0.1, -0.05) is 30.0 Å². The lowest BCUT2D eigenvalue weighted by molar-refractivity contribution is -0.113. The average molecular weight is 442 g/mol. The van der Waals surface area contributed by atoms with Crippen molar-refractivity contribution in [3.05, 3.63) is 84.4 Å². The number of carbonyl (C=O) groups is 1. The van der Waals surface area contributed by atoms with E-state index in [1.165, 1.54) is 11.8 Å². The van der Waals surface area contributed by atoms with Crippen LogP contribution in [0.3, 0.4) is 0 Å². The van der Waals surface area contributed by atoms with E-state index < -0.39 is 0 Å². The zero-order valence-corrected chi connectivity index (χ0v) is 18.0. The average Bonchev–Trinajstić information content (AvgIpc) is 3.28. The van der Waals surface area contributed by atoms with E-state index in [9.17, 15) is 4.79 Å². The number of methoxy groups -OCH3 is 1. The summed E-state index contributed by atoms with van der Waals surface area (Å²) in [6.45, 7) is 0. The summed E-state index contributed by atoms with van der Waals surface area (Å²) in [7, 11) is 1.62. The van der Waals surface area contributed by atoms with Crippen molar-refractivity contribution in [3.63, 3.8) is 0 Å². The molecule has 4 aromatic rings. The van der Waals surface area contributed by atoms with Crippen LogP contribution in [-0.2, 0) is 4.79 Å². The molecule has 1 heterocycles. The first-order valence-electron chi connectivity index (χ1n) is 9.76. The Balaban J connectivity index is 1.56. The van der Waals surface area contributed by atoms with E-state index >= 15 is 0 Å². The fraction of sp³-hybridized carbons (Fsp3) is 0.0833. The second-order valence-electron chi connectivity index (χ2n) is 6.73. The number of carbonyl (C=O) groups excluding carboxylic acids is 1. The first-order valence-corrected chi connectivity index (χ1v) is 10.7. The number of nitriles is 1. The molecule has 1 amide bonds. The third-order valence-electron chi connectivity index (χ3n) is 4.63. The Morgan fingerprint density at radius 3 is 2.41 bits per heavy atom. The maximum atomic E-state index is 12.5. The van der Waals surface area contributed by atoms with E-state index in [1.807, 2.05) is 59.2 Å². The summed E-state index contributed by atoms with van der Waals surface area (Å²) in [5.74, 6) is 1.42. The van der Waals surface area contributed by atoms with Crippen LogP contribution in [0.4, 0.5) is 5.69 Å². The summed E-state index contributed by atoms with van der Waals surface area (Å²) < 4.78 is 7.18. The third-order valence-corrected chi connectivity index (χ3v) is 5.56. The first kappa shape index (κ1) is 21.2. The second-order valence-corrected chi connectivity index (χ2v) is 7.67. The Bertz CT molecular complexity index is 1250. The van der Waals surface area contributed by atoms with Crippen molar-refractivity contribution in [2.75, 3.05) is 18.2 Å². The molecule has 0 aliphatic heterocycles. The van der Waals surface area contributed by atoms with Gasteiger partial charge < -0.3 is 10.1 Å². The predicted molar refractivity (Wildman–Crippen MR) is 124 cm³/mol. The molecule has 158 valence electrons. The molecule has 3 aromatic carbocycles. The van der Waals surface area contributed by atoms with Gasteiger partial charge in [0, 0.05) is 16.9 Å². The summed E-state index contributed by atoms with van der Waals surface area (Å²) in [6.07, 6.45) is 0. The van der Waals surface area contributed by atoms with Gasteiger partial charge >= 0.3 is 0 Å². The summed E-state index contributed by atoms with van der Waals surface area (Å²) >= 11 is 1.30. The molecule has 0 saturated carbocycles. The number of benzene rings is 3. The van der Waals surface area contributed by atoms with Gasteiger partial charge in [0.1, 0.15) is 5.75 Å². The highest BCUT2D eigenvalue weighted by Gasteiger charge is 2.17. The Kier molecular flexibility index (Phi) is 6.49. The van der Waals surface area contributed by atoms with Crippen LogP contribution in [0.25, 0.3) is 17.1 Å². The van der Waals surface area contributed by atoms with E-state index in [4.69, 9.17) is 10.00 Å². The van der Waals surface area contributed by atoms with Crippen LogP contribution in [0.1, 0.15) is 5.56 Å². The van der Waals surface area contributed by atoms with Gasteiger partial charge in [0.2, 0.25) is 5.91 Å². The lowest BCUT2D eigenvalue weighted by Crippen LogP contribution is -2.14. The van der Waals surface area contributed by atoms with Crippen molar-refractivity contribution < 1.29 is 9.53 Å². The smallest absolute Gasteiger partial charge is 0.234 e. The maximum absolute atomic E-state index is 12.5. The van der Waals surface area contributed by atoms with Gasteiger partial charge in [0.15, 0.2) is 11.0 Å². The number of thioether (sulfide) groups is 1. The molecule has 7 nitrogen and oxygen atoms in total. The minimum Gasteiger partial charge on any atom is -0.497 e. The van der Waals surface area contributed by atoms with E-state index in [0.29, 0.717) is 22.2 Å². The molecule has 32 heavy (non-hydrogen) atoms. The minimum atomic E-state index is -0.173. The number of ether oxygens (including phenoxy) is 1. The highest BCUT2D eigenvalue weighted by Crippen LogP contribution is 2.29. The fourth-order valence-electron chi connectivity index (χ4n) is 3.06. The van der Waals surface area contributed by atoms with Gasteiger partial charge in [-0.05, 0) is 60.7 Å². The van der Waals surface area contributed by atoms with E-state index in [2.05, 4.69) is 21.6 Å². The molecule has 0 radical (unpaired) electrons. The molecule has 4 rings (SSSR count). The van der Waals surface area contributed by atoms with Crippen molar-refractivity contribution in [1.82, 2.24) is 14.8 Å². The van der Waals surface area contributed by atoms with Crippen LogP contribution in [0.2, 0.25) is 0 Å². The molecule has 0 aliphatic carbocycles. The van der Waals surface area contributed by atoms with Crippen LogP contribution in [0.5, 0.6) is 5.75 Å². The lowest BCUT2D eigenvalue weighted by Gasteiger charge is -2.11. The topological polar surface area (TPSA) is 92.8 Å². The molecule has 0 fully saturated rings. The van der Waals surface area contributed by atoms with Crippen molar-refractivity contribution in [3.8, 4) is 28.9 Å². The first-order chi connectivity index (χ1) is 15.7. The predicted octanol–water partition coefficient (Wildman–Crippen LogP) is 4.55. The Labute approximate surface area is 189 Å². The molecule has 1 aromatic heterocycles. The SMILES string of the molecule is COc1ccc(-c2nnc(SCC(=O)Nc3ccc(C#N)cc3)n2-c2ccccc2)cc1. The normalized spacial score (nSPS) is 10.4. The summed E-state index contributed by atoms with van der Waals surface area (Å²) in [5.41, 5.74) is 2.96. The summed E-state index contributed by atoms with van der Waals surface area (Å²) in [6, 6.07) is 26.2. The molecule has 0 bridgehead atoms. The van der Waals surface area contributed by atoms with Crippen LogP contribution >= 0.6 is 11.8 Å². The number of nitrogens with zero attached hydrogens (tertiary/aromatic N) is 4. The largest absolute Gasteiger partial charge is 0.497 e. The van der Waals surface area contributed by atoms with Gasteiger partial charge in [0.05, 0.1) is 24.5 Å². The molecular weight excluding hydrogens is 422 g/mol. The summed E-state index contributed by atoms with van der Waals surface area (Å²) in [5, 5.41) is 21.1. The Hall–Kier alpha value is -4.09. The highest BCUT2D eigenvalue weighted by molar-refractivity contribution is 7.99. The number of hydrogen-bond donors (Lipinski definition) is 1. The molecule has 0 aliphatic rings. The number of aromatic nitrogens is 3. The highest BCUT2D eigenvalue weighted by atomic mass is 32.2. The van der Waals surface area contributed by atoms with E-state index in [1.54, 1.807) is 31.4 Å². The molecule has 0 unspecified atom stereocenters. The molecule has 0 saturated heterocycles. The van der Waals surface area contributed by atoms with Gasteiger partial charge in [-0.2, -0.15) is 5.26 Å². The molecule has 0 atom stereocenters. The van der Waals surface area contributed by atoms with Gasteiger partial charge in [-0.15, -0.1) is 10.2 Å². The van der Waals surface area contributed by atoms with Gasteiger partial charge in [-0.25, -0.2) is 0 Å². The van der Waals surface area contributed by atoms with Gasteiger partial charge in [-0.3, -0.25) is 9.36 Å². The number of nitrogens with one attached hydrogen (secondary N) is 1. The monoisotopic (exact) mass is 441 g/mol. The number of hydrogen-bond acceptors (Lipinski definition) is 6. The minimum absolute atomic E-state index is 0.160. The number of anilines is 1. The maximum Gasteiger partial charge on any atom is 0.234 e. The zero-order chi connectivity index (χ0) is 22.3. The van der Waals surface area contributed by atoms with E-state index in [0.717, 1.165) is 17.0 Å². The standard InChI is InChI=1S/C24H19N5O2S/c1-31-21-13-9-18(10-14-21)23-27-28-24(29(23)20-5-3-2-4-6-20)32-16-22(30)26-19-11-7-17(15-25)8-12-19/h2-14H,16H2,1H3,(H,26,30). The molecular formula is C24H19N5O2S.